The molecule has 0 bridgehead atoms. The fraction of sp³-hybridized carbons (Fsp3) is 0.400. The zero-order valence-electron chi connectivity index (χ0n) is 12.6. The summed E-state index contributed by atoms with van der Waals surface area (Å²) >= 11 is 0. The van der Waals surface area contributed by atoms with E-state index in [2.05, 4.69) is 51.8 Å². The smallest absolute Gasteiger partial charge is 0.244 e. The minimum absolute atomic E-state index is 0.482. The topological polar surface area (TPSA) is 72.0 Å². The monoisotopic (exact) mass is 287 g/mol. The fourth-order valence-electron chi connectivity index (χ4n) is 1.80. The minimum atomic E-state index is 0.482. The van der Waals surface area contributed by atoms with E-state index in [1.807, 2.05) is 12.1 Å². The number of rotatable bonds is 7. The van der Waals surface area contributed by atoms with E-state index in [0.29, 0.717) is 30.8 Å². The van der Waals surface area contributed by atoms with Crippen molar-refractivity contribution in [2.75, 3.05) is 30.9 Å². The van der Waals surface area contributed by atoms with E-state index in [9.17, 15) is 0 Å². The van der Waals surface area contributed by atoms with Crippen molar-refractivity contribution < 1.29 is 4.74 Å². The highest BCUT2D eigenvalue weighted by molar-refractivity contribution is 5.56. The zero-order chi connectivity index (χ0) is 15.1. The molecule has 2 rings (SSSR count). The van der Waals surface area contributed by atoms with E-state index in [1.54, 1.807) is 13.3 Å². The first kappa shape index (κ1) is 15.2. The lowest BCUT2D eigenvalue weighted by atomic mass is 10.0. The first-order valence-corrected chi connectivity index (χ1v) is 6.98. The first-order valence-electron chi connectivity index (χ1n) is 6.98. The molecule has 2 aromatic rings. The molecule has 0 unspecified atom stereocenters. The molecule has 6 nitrogen and oxygen atoms in total. The average Bonchev–Trinajstić information content (AvgIpc) is 2.48. The van der Waals surface area contributed by atoms with Crippen LogP contribution in [-0.4, -0.2) is 35.4 Å². The van der Waals surface area contributed by atoms with Crippen molar-refractivity contribution in [3.05, 3.63) is 36.0 Å². The Labute approximate surface area is 125 Å². The number of methoxy groups -OCH3 is 1. The van der Waals surface area contributed by atoms with Crippen molar-refractivity contribution in [1.82, 2.24) is 15.2 Å². The molecule has 1 heterocycles. The standard InChI is InChI=1S/C15H21N5O/c1-11(2)12-4-6-13(7-5-12)18-14-10-17-20-15(19-14)16-8-9-21-3/h4-7,10-11H,8-9H2,1-3H3,(H2,16,18,19,20). The van der Waals surface area contributed by atoms with Gasteiger partial charge in [0.05, 0.1) is 12.8 Å². The maximum absolute atomic E-state index is 4.97. The summed E-state index contributed by atoms with van der Waals surface area (Å²) in [6, 6.07) is 8.30. The number of benzene rings is 1. The molecule has 0 aliphatic carbocycles. The summed E-state index contributed by atoms with van der Waals surface area (Å²) in [6.07, 6.45) is 1.60. The molecule has 1 aromatic carbocycles. The van der Waals surface area contributed by atoms with Crippen LogP contribution in [0.4, 0.5) is 17.5 Å². The van der Waals surface area contributed by atoms with Gasteiger partial charge < -0.3 is 15.4 Å². The Balaban J connectivity index is 2.00. The molecule has 0 aliphatic heterocycles. The predicted molar refractivity (Wildman–Crippen MR) is 84.0 cm³/mol. The lowest BCUT2D eigenvalue weighted by Crippen LogP contribution is -2.11. The number of ether oxygens (including phenoxy) is 1. The van der Waals surface area contributed by atoms with Crippen LogP contribution in [0.25, 0.3) is 0 Å². The molecule has 0 amide bonds. The molecular formula is C15H21N5O. The van der Waals surface area contributed by atoms with E-state index in [1.165, 1.54) is 5.56 Å². The zero-order valence-corrected chi connectivity index (χ0v) is 12.6. The van der Waals surface area contributed by atoms with Crippen LogP contribution in [0.1, 0.15) is 25.3 Å². The second-order valence-corrected chi connectivity index (χ2v) is 4.99. The fourth-order valence-corrected chi connectivity index (χ4v) is 1.80. The van der Waals surface area contributed by atoms with Gasteiger partial charge in [-0.3, -0.25) is 0 Å². The summed E-state index contributed by atoms with van der Waals surface area (Å²) in [7, 11) is 1.65. The maximum atomic E-state index is 4.97. The van der Waals surface area contributed by atoms with Crippen LogP contribution in [0.5, 0.6) is 0 Å². The Hall–Kier alpha value is -2.21. The van der Waals surface area contributed by atoms with Gasteiger partial charge >= 0.3 is 0 Å². The third-order valence-electron chi connectivity index (χ3n) is 3.00. The second kappa shape index (κ2) is 7.54. The third kappa shape index (κ3) is 4.68. The van der Waals surface area contributed by atoms with Gasteiger partial charge in [-0.05, 0) is 23.6 Å². The molecule has 1 aromatic heterocycles. The minimum Gasteiger partial charge on any atom is -0.383 e. The SMILES string of the molecule is COCCNc1nncc(Nc2ccc(C(C)C)cc2)n1. The lowest BCUT2D eigenvalue weighted by Gasteiger charge is -2.09. The predicted octanol–water partition coefficient (Wildman–Crippen LogP) is 2.80. The average molecular weight is 287 g/mol. The largest absolute Gasteiger partial charge is 0.383 e. The highest BCUT2D eigenvalue weighted by Crippen LogP contribution is 2.19. The van der Waals surface area contributed by atoms with Gasteiger partial charge in [0.25, 0.3) is 0 Å². The summed E-state index contributed by atoms with van der Waals surface area (Å²) in [4.78, 5) is 4.35. The number of nitrogens with one attached hydrogen (secondary N) is 2. The molecule has 21 heavy (non-hydrogen) atoms. The number of anilines is 3. The summed E-state index contributed by atoms with van der Waals surface area (Å²) < 4.78 is 4.97. The Morgan fingerprint density at radius 3 is 2.62 bits per heavy atom. The lowest BCUT2D eigenvalue weighted by molar-refractivity contribution is 0.210. The molecule has 0 fully saturated rings. The summed E-state index contributed by atoms with van der Waals surface area (Å²) in [5, 5.41) is 14.1. The molecular weight excluding hydrogens is 266 g/mol. The van der Waals surface area contributed by atoms with E-state index in [0.717, 1.165) is 5.69 Å². The second-order valence-electron chi connectivity index (χ2n) is 4.99. The quantitative estimate of drug-likeness (QED) is 0.763. The molecule has 0 aliphatic rings. The Morgan fingerprint density at radius 1 is 1.19 bits per heavy atom. The van der Waals surface area contributed by atoms with Gasteiger partial charge in [0.15, 0.2) is 5.82 Å². The number of nitrogens with zero attached hydrogens (tertiary/aromatic N) is 3. The third-order valence-corrected chi connectivity index (χ3v) is 3.00. The summed E-state index contributed by atoms with van der Waals surface area (Å²) in [6.45, 7) is 5.59. The van der Waals surface area contributed by atoms with Gasteiger partial charge in [-0.2, -0.15) is 10.1 Å². The highest BCUT2D eigenvalue weighted by Gasteiger charge is 2.02. The van der Waals surface area contributed by atoms with Crippen molar-refractivity contribution in [3.8, 4) is 0 Å². The van der Waals surface area contributed by atoms with Crippen molar-refractivity contribution >= 4 is 17.5 Å². The Bertz CT molecular complexity index is 556. The number of hydrogen-bond acceptors (Lipinski definition) is 6. The molecule has 0 spiro atoms. The van der Waals surface area contributed by atoms with Crippen LogP contribution in [-0.2, 0) is 4.74 Å². The molecule has 0 saturated carbocycles. The van der Waals surface area contributed by atoms with Gasteiger partial charge in [-0.1, -0.05) is 26.0 Å². The molecule has 112 valence electrons. The van der Waals surface area contributed by atoms with Crippen molar-refractivity contribution in [1.29, 1.82) is 0 Å². The van der Waals surface area contributed by atoms with Gasteiger partial charge in [-0.15, -0.1) is 5.10 Å². The van der Waals surface area contributed by atoms with Gasteiger partial charge in [-0.25, -0.2) is 0 Å². The van der Waals surface area contributed by atoms with Crippen LogP contribution in [0, 0.1) is 0 Å². The van der Waals surface area contributed by atoms with E-state index in [4.69, 9.17) is 4.74 Å². The maximum Gasteiger partial charge on any atom is 0.244 e. The van der Waals surface area contributed by atoms with Crippen molar-refractivity contribution in [2.45, 2.75) is 19.8 Å². The molecule has 6 heteroatoms. The Morgan fingerprint density at radius 2 is 1.95 bits per heavy atom. The number of aromatic nitrogens is 3. The molecule has 0 radical (unpaired) electrons. The van der Waals surface area contributed by atoms with Crippen LogP contribution >= 0.6 is 0 Å². The van der Waals surface area contributed by atoms with Crippen molar-refractivity contribution in [3.63, 3.8) is 0 Å². The Kier molecular flexibility index (Phi) is 5.45. The molecule has 0 atom stereocenters. The van der Waals surface area contributed by atoms with E-state index in [-0.39, 0.29) is 0 Å². The van der Waals surface area contributed by atoms with E-state index < -0.39 is 0 Å². The first-order chi connectivity index (χ1) is 10.2. The van der Waals surface area contributed by atoms with Crippen LogP contribution in [0.15, 0.2) is 30.5 Å². The summed E-state index contributed by atoms with van der Waals surface area (Å²) in [5.41, 5.74) is 2.28. The van der Waals surface area contributed by atoms with Crippen LogP contribution < -0.4 is 10.6 Å². The van der Waals surface area contributed by atoms with Gasteiger partial charge in [0.1, 0.15) is 0 Å². The van der Waals surface area contributed by atoms with Crippen LogP contribution in [0.3, 0.4) is 0 Å². The highest BCUT2D eigenvalue weighted by atomic mass is 16.5. The molecule has 0 saturated heterocycles. The van der Waals surface area contributed by atoms with Gasteiger partial charge in [0, 0.05) is 19.3 Å². The van der Waals surface area contributed by atoms with Gasteiger partial charge in [0.2, 0.25) is 5.95 Å². The summed E-state index contributed by atoms with van der Waals surface area (Å²) in [5.74, 6) is 1.66. The number of hydrogen-bond donors (Lipinski definition) is 2. The van der Waals surface area contributed by atoms with Crippen molar-refractivity contribution in [2.24, 2.45) is 0 Å². The normalized spacial score (nSPS) is 10.7. The van der Waals surface area contributed by atoms with E-state index >= 15 is 0 Å². The molecule has 2 N–H and O–H groups in total. The van der Waals surface area contributed by atoms with Crippen LogP contribution in [0.2, 0.25) is 0 Å².